The Labute approximate surface area is 178 Å². The molecule has 1 N–H and O–H groups in total. The number of aryl methyl sites for hydroxylation is 1. The maximum Gasteiger partial charge on any atom is 0.276 e. The molecule has 1 aliphatic rings. The second kappa shape index (κ2) is 9.05. The van der Waals surface area contributed by atoms with Crippen molar-refractivity contribution >= 4 is 11.7 Å². The van der Waals surface area contributed by atoms with Crippen LogP contribution in [0.15, 0.2) is 53.5 Å². The molecule has 1 aliphatic heterocycles. The number of carbonyl (C=O) groups excluding carboxylic acids is 1. The van der Waals surface area contributed by atoms with Gasteiger partial charge in [-0.1, -0.05) is 12.1 Å². The van der Waals surface area contributed by atoms with Gasteiger partial charge in [0.25, 0.3) is 5.91 Å². The lowest BCUT2D eigenvalue weighted by atomic mass is 10.2. The van der Waals surface area contributed by atoms with E-state index in [-0.39, 0.29) is 17.9 Å². The highest BCUT2D eigenvalue weighted by atomic mass is 19.1. The SMILES string of the molecule is Cc1cc(=O)c(C(=O)NCc2ccnc(N3CCOCC3)c2)nn1-c1ccccc1F. The van der Waals surface area contributed by atoms with Gasteiger partial charge in [-0.05, 0) is 36.8 Å². The Hall–Kier alpha value is -3.59. The van der Waals surface area contributed by atoms with Crippen molar-refractivity contribution in [1.82, 2.24) is 20.1 Å². The molecule has 0 aliphatic carbocycles. The predicted octanol–water partition coefficient (Wildman–Crippen LogP) is 1.84. The number of para-hydroxylation sites is 1. The Balaban J connectivity index is 1.52. The van der Waals surface area contributed by atoms with Crippen LogP contribution in [0.4, 0.5) is 10.2 Å². The average Bonchev–Trinajstić information content (AvgIpc) is 2.79. The van der Waals surface area contributed by atoms with E-state index in [1.54, 1.807) is 31.3 Å². The topological polar surface area (TPSA) is 89.3 Å². The number of nitrogens with zero attached hydrogens (tertiary/aromatic N) is 4. The highest BCUT2D eigenvalue weighted by molar-refractivity contribution is 5.92. The van der Waals surface area contributed by atoms with Crippen LogP contribution in [0, 0.1) is 12.7 Å². The molecule has 160 valence electrons. The number of ether oxygens (including phenoxy) is 1. The number of benzene rings is 1. The van der Waals surface area contributed by atoms with E-state index in [0.717, 1.165) is 24.5 Å². The largest absolute Gasteiger partial charge is 0.378 e. The summed E-state index contributed by atoms with van der Waals surface area (Å²) in [6.07, 6.45) is 1.68. The van der Waals surface area contributed by atoms with Crippen molar-refractivity contribution in [1.29, 1.82) is 0 Å². The second-order valence-electron chi connectivity index (χ2n) is 7.17. The van der Waals surface area contributed by atoms with Gasteiger partial charge >= 0.3 is 0 Å². The fourth-order valence-electron chi connectivity index (χ4n) is 3.37. The zero-order valence-electron chi connectivity index (χ0n) is 17.0. The summed E-state index contributed by atoms with van der Waals surface area (Å²) < 4.78 is 20.8. The van der Waals surface area contributed by atoms with Gasteiger partial charge in [-0.3, -0.25) is 9.59 Å². The van der Waals surface area contributed by atoms with E-state index < -0.39 is 17.2 Å². The third-order valence-electron chi connectivity index (χ3n) is 5.00. The normalized spacial score (nSPS) is 13.8. The van der Waals surface area contributed by atoms with E-state index in [9.17, 15) is 14.0 Å². The maximum atomic E-state index is 14.2. The van der Waals surface area contributed by atoms with Crippen LogP contribution in [0.2, 0.25) is 0 Å². The van der Waals surface area contributed by atoms with Crippen molar-refractivity contribution in [3.8, 4) is 5.69 Å². The Bertz CT molecular complexity index is 1160. The van der Waals surface area contributed by atoms with Crippen LogP contribution < -0.4 is 15.6 Å². The molecule has 0 bridgehead atoms. The predicted molar refractivity (Wildman–Crippen MR) is 113 cm³/mol. The van der Waals surface area contributed by atoms with Crippen LogP contribution in [-0.2, 0) is 11.3 Å². The number of halogens is 1. The van der Waals surface area contributed by atoms with Crippen LogP contribution in [-0.4, -0.2) is 47.0 Å². The molecule has 0 spiro atoms. The van der Waals surface area contributed by atoms with Gasteiger partial charge in [0.2, 0.25) is 5.43 Å². The van der Waals surface area contributed by atoms with Crippen LogP contribution in [0.5, 0.6) is 0 Å². The first-order chi connectivity index (χ1) is 15.0. The minimum absolute atomic E-state index is 0.165. The molecular formula is C22H22FN5O3. The molecule has 1 amide bonds. The summed E-state index contributed by atoms with van der Waals surface area (Å²) in [5.74, 6) is -0.314. The van der Waals surface area contributed by atoms with Crippen molar-refractivity contribution in [2.45, 2.75) is 13.5 Å². The standard InChI is InChI=1S/C22H22FN5O3/c1-15-12-19(29)21(26-28(15)18-5-3-2-4-17(18)23)22(30)25-14-16-6-7-24-20(13-16)27-8-10-31-11-9-27/h2-7,12-13H,8-11,14H2,1H3,(H,25,30). The highest BCUT2D eigenvalue weighted by Crippen LogP contribution is 2.15. The zero-order chi connectivity index (χ0) is 21.8. The molecule has 1 aromatic carbocycles. The minimum atomic E-state index is -0.625. The number of amides is 1. The first kappa shape index (κ1) is 20.7. The van der Waals surface area contributed by atoms with E-state index >= 15 is 0 Å². The fraction of sp³-hybridized carbons (Fsp3) is 0.273. The van der Waals surface area contributed by atoms with E-state index in [1.807, 2.05) is 6.07 Å². The second-order valence-corrected chi connectivity index (χ2v) is 7.17. The van der Waals surface area contributed by atoms with Gasteiger partial charge in [0, 0.05) is 37.6 Å². The number of anilines is 1. The number of hydrogen-bond acceptors (Lipinski definition) is 6. The summed E-state index contributed by atoms with van der Waals surface area (Å²) in [6, 6.07) is 11.0. The molecule has 3 heterocycles. The van der Waals surface area contributed by atoms with Crippen molar-refractivity contribution in [3.63, 3.8) is 0 Å². The third kappa shape index (κ3) is 4.61. The Morgan fingerprint density at radius 1 is 1.19 bits per heavy atom. The Morgan fingerprint density at radius 2 is 1.97 bits per heavy atom. The summed E-state index contributed by atoms with van der Waals surface area (Å²) in [4.78, 5) is 31.5. The first-order valence-corrected chi connectivity index (χ1v) is 9.94. The lowest BCUT2D eigenvalue weighted by molar-refractivity contribution is 0.0943. The van der Waals surface area contributed by atoms with Gasteiger partial charge in [-0.2, -0.15) is 5.10 Å². The van der Waals surface area contributed by atoms with Gasteiger partial charge in [0.1, 0.15) is 17.3 Å². The Morgan fingerprint density at radius 3 is 2.74 bits per heavy atom. The molecule has 9 heteroatoms. The molecule has 4 rings (SSSR count). The smallest absolute Gasteiger partial charge is 0.276 e. The minimum Gasteiger partial charge on any atom is -0.378 e. The monoisotopic (exact) mass is 423 g/mol. The molecule has 0 unspecified atom stereocenters. The number of nitrogens with one attached hydrogen (secondary N) is 1. The van der Waals surface area contributed by atoms with Crippen LogP contribution in [0.1, 0.15) is 21.7 Å². The fourth-order valence-corrected chi connectivity index (χ4v) is 3.37. The van der Waals surface area contributed by atoms with Crippen molar-refractivity contribution in [2.24, 2.45) is 0 Å². The molecule has 8 nitrogen and oxygen atoms in total. The lowest BCUT2D eigenvalue weighted by Gasteiger charge is -2.28. The number of hydrogen-bond donors (Lipinski definition) is 1. The number of pyridine rings is 1. The average molecular weight is 423 g/mol. The van der Waals surface area contributed by atoms with Gasteiger partial charge in [0.05, 0.1) is 13.2 Å². The van der Waals surface area contributed by atoms with E-state index in [0.29, 0.717) is 18.9 Å². The molecule has 3 aromatic rings. The third-order valence-corrected chi connectivity index (χ3v) is 5.00. The van der Waals surface area contributed by atoms with Crippen LogP contribution in [0.3, 0.4) is 0 Å². The first-order valence-electron chi connectivity index (χ1n) is 9.94. The van der Waals surface area contributed by atoms with Crippen LogP contribution >= 0.6 is 0 Å². The summed E-state index contributed by atoms with van der Waals surface area (Å²) in [7, 11) is 0. The molecule has 1 fully saturated rings. The van der Waals surface area contributed by atoms with E-state index in [4.69, 9.17) is 4.74 Å². The Kier molecular flexibility index (Phi) is 6.03. The van der Waals surface area contributed by atoms with Crippen molar-refractivity contribution < 1.29 is 13.9 Å². The molecule has 0 radical (unpaired) electrons. The van der Waals surface area contributed by atoms with Gasteiger partial charge in [0.15, 0.2) is 5.69 Å². The van der Waals surface area contributed by atoms with Gasteiger partial charge in [-0.25, -0.2) is 14.1 Å². The molecule has 2 aromatic heterocycles. The summed E-state index contributed by atoms with van der Waals surface area (Å²) in [6.45, 7) is 4.64. The molecule has 1 saturated heterocycles. The van der Waals surface area contributed by atoms with Crippen LogP contribution in [0.25, 0.3) is 5.69 Å². The summed E-state index contributed by atoms with van der Waals surface area (Å²) in [5.41, 5.74) is 0.614. The maximum absolute atomic E-state index is 14.2. The van der Waals surface area contributed by atoms with Gasteiger partial charge < -0.3 is 15.0 Å². The molecule has 31 heavy (non-hydrogen) atoms. The molecule has 0 saturated carbocycles. The zero-order valence-corrected chi connectivity index (χ0v) is 17.0. The molecule has 0 atom stereocenters. The van der Waals surface area contributed by atoms with E-state index in [2.05, 4.69) is 20.3 Å². The lowest BCUT2D eigenvalue weighted by Crippen LogP contribution is -2.36. The number of rotatable bonds is 5. The van der Waals surface area contributed by atoms with Gasteiger partial charge in [-0.15, -0.1) is 0 Å². The van der Waals surface area contributed by atoms with Crippen molar-refractivity contribution in [2.75, 3.05) is 31.2 Å². The number of carbonyl (C=O) groups is 1. The van der Waals surface area contributed by atoms with Crippen molar-refractivity contribution in [3.05, 3.63) is 81.7 Å². The highest BCUT2D eigenvalue weighted by Gasteiger charge is 2.17. The van der Waals surface area contributed by atoms with E-state index in [1.165, 1.54) is 22.9 Å². The summed E-state index contributed by atoms with van der Waals surface area (Å²) >= 11 is 0. The number of morpholine rings is 1. The summed E-state index contributed by atoms with van der Waals surface area (Å²) in [5, 5.41) is 6.84. The number of aromatic nitrogens is 3. The quantitative estimate of drug-likeness (QED) is 0.674. The molecular weight excluding hydrogens is 401 g/mol.